The molecule has 1 atom stereocenters. The van der Waals surface area contributed by atoms with E-state index in [4.69, 9.17) is 0 Å². The lowest BCUT2D eigenvalue weighted by molar-refractivity contribution is -0.129. The fourth-order valence-corrected chi connectivity index (χ4v) is 4.28. The predicted octanol–water partition coefficient (Wildman–Crippen LogP) is 1.68. The summed E-state index contributed by atoms with van der Waals surface area (Å²) < 4.78 is 0. The van der Waals surface area contributed by atoms with E-state index < -0.39 is 0 Å². The van der Waals surface area contributed by atoms with Gasteiger partial charge in [0.1, 0.15) is 0 Å². The summed E-state index contributed by atoms with van der Waals surface area (Å²) in [6.07, 6.45) is 2.66. The van der Waals surface area contributed by atoms with Crippen LogP contribution in [0.1, 0.15) is 31.7 Å². The maximum absolute atomic E-state index is 11.8. The highest BCUT2D eigenvalue weighted by Gasteiger charge is 2.25. The predicted molar refractivity (Wildman–Crippen MR) is 124 cm³/mol. The summed E-state index contributed by atoms with van der Waals surface area (Å²) in [5.74, 6) is 1.08. The van der Waals surface area contributed by atoms with E-state index in [1.54, 1.807) is 0 Å². The summed E-state index contributed by atoms with van der Waals surface area (Å²) >= 11 is 0. The molecule has 0 aromatic heterocycles. The topological polar surface area (TPSA) is 63.2 Å². The van der Waals surface area contributed by atoms with Crippen LogP contribution in [0.3, 0.4) is 0 Å². The fourth-order valence-electron chi connectivity index (χ4n) is 4.28. The molecule has 0 spiro atoms. The van der Waals surface area contributed by atoms with Crippen LogP contribution >= 0.6 is 0 Å². The molecule has 0 bridgehead atoms. The number of aliphatic imine (C=N–C) groups is 1. The first-order valence-corrected chi connectivity index (χ1v) is 11.4. The summed E-state index contributed by atoms with van der Waals surface area (Å²) in [4.78, 5) is 23.2. The minimum absolute atomic E-state index is 0.241. The molecule has 3 rings (SSSR count). The quantitative estimate of drug-likeness (QED) is 0.404. The number of carbonyl (C=O) groups excluding carboxylic acids is 1. The lowest BCUT2D eigenvalue weighted by atomic mass is 10.2. The Hall–Kier alpha value is -2.28. The monoisotopic (exact) mass is 414 g/mol. The Morgan fingerprint density at radius 2 is 2.00 bits per heavy atom. The van der Waals surface area contributed by atoms with Gasteiger partial charge in [0.25, 0.3) is 0 Å². The molecular weight excluding hydrogens is 376 g/mol. The molecule has 2 N–H and O–H groups in total. The minimum Gasteiger partial charge on any atom is -0.369 e. The van der Waals surface area contributed by atoms with Gasteiger partial charge in [-0.2, -0.15) is 0 Å². The molecule has 1 amide bonds. The van der Waals surface area contributed by atoms with Gasteiger partial charge in [-0.05, 0) is 44.0 Å². The molecule has 0 saturated carbocycles. The number of amides is 1. The molecule has 2 aliphatic rings. The number of piperazine rings is 1. The lowest BCUT2D eigenvalue weighted by Gasteiger charge is -2.36. The van der Waals surface area contributed by atoms with Gasteiger partial charge in [-0.3, -0.25) is 14.7 Å². The molecule has 1 aromatic rings. The molecule has 1 unspecified atom stereocenters. The number of benzene rings is 1. The van der Waals surface area contributed by atoms with Crippen LogP contribution in [0.15, 0.2) is 29.3 Å². The van der Waals surface area contributed by atoms with E-state index in [9.17, 15) is 4.79 Å². The van der Waals surface area contributed by atoms with Crippen molar-refractivity contribution in [3.63, 3.8) is 0 Å². The van der Waals surface area contributed by atoms with Crippen LogP contribution in [-0.4, -0.2) is 87.1 Å². The van der Waals surface area contributed by atoms with Crippen LogP contribution in [0.4, 0.5) is 5.69 Å². The van der Waals surface area contributed by atoms with Gasteiger partial charge in [0.15, 0.2) is 5.96 Å². The third kappa shape index (κ3) is 6.36. The van der Waals surface area contributed by atoms with E-state index in [2.05, 4.69) is 56.6 Å². The average molecular weight is 415 g/mol. The Morgan fingerprint density at radius 1 is 1.20 bits per heavy atom. The number of rotatable bonds is 7. The van der Waals surface area contributed by atoms with Crippen LogP contribution in [0, 0.1) is 6.92 Å². The van der Waals surface area contributed by atoms with E-state index in [0.717, 1.165) is 71.2 Å². The van der Waals surface area contributed by atoms with Crippen LogP contribution < -0.4 is 15.5 Å². The number of anilines is 1. The van der Waals surface area contributed by atoms with E-state index in [1.807, 2.05) is 18.9 Å². The van der Waals surface area contributed by atoms with E-state index >= 15 is 0 Å². The van der Waals surface area contributed by atoms with Gasteiger partial charge in [-0.15, -0.1) is 0 Å². The summed E-state index contributed by atoms with van der Waals surface area (Å²) in [5.41, 5.74) is 2.67. The maximum atomic E-state index is 11.8. The first kappa shape index (κ1) is 22.4. The molecule has 7 nitrogen and oxygen atoms in total. The van der Waals surface area contributed by atoms with Gasteiger partial charge in [-0.1, -0.05) is 19.1 Å². The van der Waals surface area contributed by atoms with Gasteiger partial charge >= 0.3 is 0 Å². The average Bonchev–Trinajstić information content (AvgIpc) is 3.24. The highest BCUT2D eigenvalue weighted by molar-refractivity contribution is 5.80. The number of carbonyl (C=O) groups is 1. The molecule has 7 heteroatoms. The zero-order valence-corrected chi connectivity index (χ0v) is 18.9. The van der Waals surface area contributed by atoms with Gasteiger partial charge in [0, 0.05) is 71.0 Å². The first-order valence-electron chi connectivity index (χ1n) is 11.4. The Morgan fingerprint density at radius 3 is 2.70 bits per heavy atom. The Kier molecular flexibility index (Phi) is 8.37. The van der Waals surface area contributed by atoms with E-state index in [1.165, 1.54) is 11.3 Å². The zero-order valence-electron chi connectivity index (χ0n) is 18.9. The van der Waals surface area contributed by atoms with Crippen LogP contribution in [-0.2, 0) is 4.79 Å². The van der Waals surface area contributed by atoms with Crippen molar-refractivity contribution in [2.45, 2.75) is 39.2 Å². The largest absolute Gasteiger partial charge is 0.369 e. The highest BCUT2D eigenvalue weighted by atomic mass is 16.2. The summed E-state index contributed by atoms with van der Waals surface area (Å²) in [7, 11) is 1.81. The molecule has 2 fully saturated rings. The van der Waals surface area contributed by atoms with Crippen molar-refractivity contribution in [1.29, 1.82) is 0 Å². The van der Waals surface area contributed by atoms with Crippen LogP contribution in [0.5, 0.6) is 0 Å². The molecule has 30 heavy (non-hydrogen) atoms. The number of guanidine groups is 1. The number of aryl methyl sites for hydroxylation is 1. The first-order chi connectivity index (χ1) is 14.6. The molecule has 0 aliphatic carbocycles. The van der Waals surface area contributed by atoms with Gasteiger partial charge in [0.2, 0.25) is 5.91 Å². The van der Waals surface area contributed by atoms with Gasteiger partial charge in [0.05, 0.1) is 0 Å². The fraction of sp³-hybridized carbons (Fsp3) is 0.652. The smallest absolute Gasteiger partial charge is 0.222 e. The lowest BCUT2D eigenvalue weighted by Crippen LogP contribution is -2.48. The number of hydrogen-bond acceptors (Lipinski definition) is 4. The zero-order chi connectivity index (χ0) is 21.3. The van der Waals surface area contributed by atoms with Crippen molar-refractivity contribution in [1.82, 2.24) is 20.4 Å². The third-order valence-corrected chi connectivity index (χ3v) is 6.09. The summed E-state index contributed by atoms with van der Waals surface area (Å²) in [6.45, 7) is 12.1. The summed E-state index contributed by atoms with van der Waals surface area (Å²) in [6, 6.07) is 9.09. The van der Waals surface area contributed by atoms with Gasteiger partial charge < -0.3 is 20.4 Å². The Bertz CT molecular complexity index is 713. The normalized spacial score (nSPS) is 20.5. The SMILES string of the molecule is CCC(=O)N1CCC(NC(=NC)NCCCN2CCN(c3cccc(C)c3)CC2)C1. The van der Waals surface area contributed by atoms with Crippen molar-refractivity contribution in [3.8, 4) is 0 Å². The summed E-state index contributed by atoms with van der Waals surface area (Å²) in [5, 5.41) is 6.90. The second-order valence-corrected chi connectivity index (χ2v) is 8.34. The number of nitrogens with one attached hydrogen (secondary N) is 2. The molecular formula is C23H38N6O. The molecule has 0 radical (unpaired) electrons. The molecule has 2 heterocycles. The van der Waals surface area contributed by atoms with E-state index in [-0.39, 0.29) is 5.91 Å². The highest BCUT2D eigenvalue weighted by Crippen LogP contribution is 2.17. The molecule has 2 saturated heterocycles. The maximum Gasteiger partial charge on any atom is 0.222 e. The minimum atomic E-state index is 0.241. The molecule has 166 valence electrons. The third-order valence-electron chi connectivity index (χ3n) is 6.09. The Balaban J connectivity index is 1.31. The molecule has 1 aromatic carbocycles. The Labute approximate surface area is 181 Å². The van der Waals surface area contributed by atoms with Crippen molar-refractivity contribution in [3.05, 3.63) is 29.8 Å². The second kappa shape index (κ2) is 11.2. The second-order valence-electron chi connectivity index (χ2n) is 8.34. The standard InChI is InChI=1S/C23H38N6O/c1-4-22(30)29-12-9-20(18-29)26-23(24-3)25-10-6-11-27-13-15-28(16-14-27)21-8-5-7-19(2)17-21/h5,7-8,17,20H,4,6,9-16,18H2,1-3H3,(H2,24,25,26). The van der Waals surface area contributed by atoms with Crippen molar-refractivity contribution in [2.24, 2.45) is 4.99 Å². The number of likely N-dealkylation sites (tertiary alicyclic amines) is 1. The van der Waals surface area contributed by atoms with Crippen molar-refractivity contribution >= 4 is 17.6 Å². The van der Waals surface area contributed by atoms with Crippen molar-refractivity contribution in [2.75, 3.05) is 64.3 Å². The molecule has 2 aliphatic heterocycles. The number of nitrogens with zero attached hydrogens (tertiary/aromatic N) is 4. The van der Waals surface area contributed by atoms with Crippen molar-refractivity contribution < 1.29 is 4.79 Å². The van der Waals surface area contributed by atoms with Gasteiger partial charge in [-0.25, -0.2) is 0 Å². The van der Waals surface area contributed by atoms with Crippen LogP contribution in [0.25, 0.3) is 0 Å². The van der Waals surface area contributed by atoms with Crippen LogP contribution in [0.2, 0.25) is 0 Å². The van der Waals surface area contributed by atoms with E-state index in [0.29, 0.717) is 12.5 Å². The number of hydrogen-bond donors (Lipinski definition) is 2.